The largest absolute Gasteiger partial charge is 0.462 e. The van der Waals surface area contributed by atoms with Gasteiger partial charge in [-0.3, -0.25) is 0 Å². The van der Waals surface area contributed by atoms with E-state index in [1.807, 2.05) is 13.0 Å². The molecule has 0 aliphatic carbocycles. The minimum Gasteiger partial charge on any atom is -0.462 e. The number of allylic oxidation sites excluding steroid dienone is 1. The van der Waals surface area contributed by atoms with Gasteiger partial charge in [0.2, 0.25) is 0 Å². The number of rotatable bonds is 14. The van der Waals surface area contributed by atoms with Crippen molar-refractivity contribution < 1.29 is 9.53 Å². The second-order valence-electron chi connectivity index (χ2n) is 5.99. The maximum atomic E-state index is 11.7. The van der Waals surface area contributed by atoms with E-state index in [-0.39, 0.29) is 5.97 Å². The van der Waals surface area contributed by atoms with E-state index < -0.39 is 0 Å². The number of unbranched alkanes of at least 4 members (excludes halogenated alkanes) is 10. The molecule has 0 heterocycles. The molecule has 2 heteroatoms. The normalized spacial score (nSPS) is 11.7. The van der Waals surface area contributed by atoms with Crippen LogP contribution in [0.2, 0.25) is 0 Å². The van der Waals surface area contributed by atoms with E-state index in [1.165, 1.54) is 64.2 Å². The molecule has 0 aromatic carbocycles. The first-order valence-electron chi connectivity index (χ1n) is 9.06. The molecule has 0 N–H and O–H groups in total. The van der Waals surface area contributed by atoms with E-state index in [1.54, 1.807) is 0 Å². The third-order valence-electron chi connectivity index (χ3n) is 3.81. The molecule has 0 spiro atoms. The standard InChI is InChI=1S/C19H36O2/c1-4-6-8-10-11-13-15-17-21-19(20)18(3)16-14-12-9-7-5-2/h16H,4-15,17H2,1-3H3. The summed E-state index contributed by atoms with van der Waals surface area (Å²) < 4.78 is 5.30. The molecule has 0 saturated heterocycles. The molecule has 0 radical (unpaired) electrons. The third-order valence-corrected chi connectivity index (χ3v) is 3.81. The van der Waals surface area contributed by atoms with Crippen molar-refractivity contribution in [1.29, 1.82) is 0 Å². The Morgan fingerprint density at radius 1 is 0.810 bits per heavy atom. The van der Waals surface area contributed by atoms with Crippen LogP contribution in [0.5, 0.6) is 0 Å². The van der Waals surface area contributed by atoms with Crippen LogP contribution in [0, 0.1) is 0 Å². The molecule has 0 aromatic heterocycles. The molecule has 124 valence electrons. The van der Waals surface area contributed by atoms with Crippen LogP contribution in [0.1, 0.15) is 97.8 Å². The predicted octanol–water partition coefficient (Wildman–Crippen LogP) is 6.20. The van der Waals surface area contributed by atoms with E-state index in [4.69, 9.17) is 4.74 Å². The van der Waals surface area contributed by atoms with Crippen molar-refractivity contribution in [3.8, 4) is 0 Å². The van der Waals surface area contributed by atoms with Gasteiger partial charge in [0.25, 0.3) is 0 Å². The molecule has 21 heavy (non-hydrogen) atoms. The lowest BCUT2D eigenvalue weighted by Crippen LogP contribution is -2.07. The second-order valence-corrected chi connectivity index (χ2v) is 5.99. The summed E-state index contributed by atoms with van der Waals surface area (Å²) in [4.78, 5) is 11.7. The Balaban J connectivity index is 3.48. The van der Waals surface area contributed by atoms with Crippen LogP contribution in [0.15, 0.2) is 11.6 Å². The third kappa shape index (κ3) is 13.9. The quantitative estimate of drug-likeness (QED) is 0.217. The number of carbonyl (C=O) groups is 1. The highest BCUT2D eigenvalue weighted by Gasteiger charge is 2.04. The van der Waals surface area contributed by atoms with Gasteiger partial charge in [-0.05, 0) is 26.2 Å². The summed E-state index contributed by atoms with van der Waals surface area (Å²) >= 11 is 0. The van der Waals surface area contributed by atoms with Crippen LogP contribution < -0.4 is 0 Å². The van der Waals surface area contributed by atoms with Gasteiger partial charge in [-0.25, -0.2) is 4.79 Å². The fraction of sp³-hybridized carbons (Fsp3) is 0.842. The minimum absolute atomic E-state index is 0.128. The average molecular weight is 296 g/mol. The van der Waals surface area contributed by atoms with Gasteiger partial charge in [-0.15, -0.1) is 0 Å². The first-order chi connectivity index (χ1) is 10.2. The Labute approximate surface area is 132 Å². The molecule has 0 aliphatic rings. The van der Waals surface area contributed by atoms with E-state index in [2.05, 4.69) is 13.8 Å². The summed E-state index contributed by atoms with van der Waals surface area (Å²) in [7, 11) is 0. The molecule has 0 unspecified atom stereocenters. The molecule has 0 rings (SSSR count). The topological polar surface area (TPSA) is 26.3 Å². The Hall–Kier alpha value is -0.790. The zero-order valence-electron chi connectivity index (χ0n) is 14.6. The molecule has 0 atom stereocenters. The number of ether oxygens (including phenoxy) is 1. The van der Waals surface area contributed by atoms with Gasteiger partial charge in [-0.2, -0.15) is 0 Å². The molecule has 0 aromatic rings. The van der Waals surface area contributed by atoms with E-state index in [9.17, 15) is 4.79 Å². The lowest BCUT2D eigenvalue weighted by atomic mass is 10.1. The van der Waals surface area contributed by atoms with Gasteiger partial charge in [0.1, 0.15) is 0 Å². The molecule has 0 aliphatic heterocycles. The van der Waals surface area contributed by atoms with E-state index >= 15 is 0 Å². The predicted molar refractivity (Wildman–Crippen MR) is 91.5 cm³/mol. The molecule has 2 nitrogen and oxygen atoms in total. The first-order valence-corrected chi connectivity index (χ1v) is 9.06. The van der Waals surface area contributed by atoms with Crippen LogP contribution in [0.4, 0.5) is 0 Å². The molecular formula is C19H36O2. The minimum atomic E-state index is -0.128. The molecule has 0 saturated carbocycles. The zero-order valence-corrected chi connectivity index (χ0v) is 14.6. The SMILES string of the molecule is CCCCCCC=C(C)C(=O)OCCCCCCCCC. The fourth-order valence-corrected chi connectivity index (χ4v) is 2.31. The highest BCUT2D eigenvalue weighted by Crippen LogP contribution is 2.09. The number of carbonyl (C=O) groups excluding carboxylic acids is 1. The van der Waals surface area contributed by atoms with Crippen LogP contribution in [0.25, 0.3) is 0 Å². The summed E-state index contributed by atoms with van der Waals surface area (Å²) in [6.45, 7) is 6.89. The Morgan fingerprint density at radius 2 is 1.33 bits per heavy atom. The van der Waals surface area contributed by atoms with Gasteiger partial charge in [0.15, 0.2) is 0 Å². The molecule has 0 amide bonds. The van der Waals surface area contributed by atoms with Crippen molar-refractivity contribution in [3.63, 3.8) is 0 Å². The lowest BCUT2D eigenvalue weighted by molar-refractivity contribution is -0.139. The summed E-state index contributed by atoms with van der Waals surface area (Å²) in [5.41, 5.74) is 0.773. The first kappa shape index (κ1) is 20.2. The lowest BCUT2D eigenvalue weighted by Gasteiger charge is -2.05. The zero-order chi connectivity index (χ0) is 15.8. The van der Waals surface area contributed by atoms with Crippen molar-refractivity contribution in [1.82, 2.24) is 0 Å². The maximum Gasteiger partial charge on any atom is 0.333 e. The number of hydrogen-bond acceptors (Lipinski definition) is 2. The van der Waals surface area contributed by atoms with Crippen molar-refractivity contribution in [2.75, 3.05) is 6.61 Å². The summed E-state index contributed by atoms with van der Waals surface area (Å²) in [5.74, 6) is -0.128. The van der Waals surface area contributed by atoms with Crippen LogP contribution in [-0.2, 0) is 9.53 Å². The van der Waals surface area contributed by atoms with E-state index in [0.717, 1.165) is 18.4 Å². The fourth-order valence-electron chi connectivity index (χ4n) is 2.31. The van der Waals surface area contributed by atoms with Crippen molar-refractivity contribution in [3.05, 3.63) is 11.6 Å². The Kier molecular flexibility index (Phi) is 15.0. The van der Waals surface area contributed by atoms with Gasteiger partial charge < -0.3 is 4.74 Å². The van der Waals surface area contributed by atoms with Crippen LogP contribution in [0.3, 0.4) is 0 Å². The number of esters is 1. The summed E-state index contributed by atoms with van der Waals surface area (Å²) in [5, 5.41) is 0. The highest BCUT2D eigenvalue weighted by molar-refractivity contribution is 5.87. The van der Waals surface area contributed by atoms with Crippen molar-refractivity contribution in [2.45, 2.75) is 97.8 Å². The Bertz CT molecular complexity index is 269. The summed E-state index contributed by atoms with van der Waals surface area (Å²) in [6.07, 6.45) is 16.7. The molecular weight excluding hydrogens is 260 g/mol. The van der Waals surface area contributed by atoms with Crippen LogP contribution >= 0.6 is 0 Å². The molecule has 0 bridgehead atoms. The van der Waals surface area contributed by atoms with Gasteiger partial charge in [0, 0.05) is 5.57 Å². The summed E-state index contributed by atoms with van der Waals surface area (Å²) in [6, 6.07) is 0. The van der Waals surface area contributed by atoms with Gasteiger partial charge >= 0.3 is 5.97 Å². The van der Waals surface area contributed by atoms with Gasteiger partial charge in [0.05, 0.1) is 6.61 Å². The van der Waals surface area contributed by atoms with Crippen molar-refractivity contribution >= 4 is 5.97 Å². The van der Waals surface area contributed by atoms with Crippen molar-refractivity contribution in [2.24, 2.45) is 0 Å². The molecule has 0 fully saturated rings. The average Bonchev–Trinajstić information content (AvgIpc) is 2.49. The second kappa shape index (κ2) is 15.6. The monoisotopic (exact) mass is 296 g/mol. The maximum absolute atomic E-state index is 11.7. The van der Waals surface area contributed by atoms with Gasteiger partial charge in [-0.1, -0.05) is 77.7 Å². The smallest absolute Gasteiger partial charge is 0.333 e. The van der Waals surface area contributed by atoms with E-state index in [0.29, 0.717) is 6.61 Å². The number of hydrogen-bond donors (Lipinski definition) is 0. The Morgan fingerprint density at radius 3 is 1.95 bits per heavy atom. The highest BCUT2D eigenvalue weighted by atomic mass is 16.5. The van der Waals surface area contributed by atoms with Crippen LogP contribution in [-0.4, -0.2) is 12.6 Å².